The lowest BCUT2D eigenvalue weighted by Crippen LogP contribution is -2.30. The minimum absolute atomic E-state index is 0.0729. The Morgan fingerprint density at radius 2 is 2.13 bits per heavy atom. The van der Waals surface area contributed by atoms with E-state index in [0.717, 1.165) is 5.56 Å². The molecule has 0 atom stereocenters. The lowest BCUT2D eigenvalue weighted by molar-refractivity contribution is 0.137. The van der Waals surface area contributed by atoms with Crippen LogP contribution in [0.25, 0.3) is 0 Å². The van der Waals surface area contributed by atoms with Gasteiger partial charge in [0.15, 0.2) is 0 Å². The fraction of sp³-hybridized carbons (Fsp3) is 0.364. The van der Waals surface area contributed by atoms with E-state index in [0.29, 0.717) is 5.02 Å². The molecule has 1 aromatic rings. The predicted octanol–water partition coefficient (Wildman–Crippen LogP) is 2.97. The molecule has 0 aromatic heterocycles. The van der Waals surface area contributed by atoms with Gasteiger partial charge in [-0.25, -0.2) is 4.79 Å². The molecule has 0 aliphatic carbocycles. The molecule has 0 radical (unpaired) electrons. The van der Waals surface area contributed by atoms with Gasteiger partial charge in [-0.1, -0.05) is 29.8 Å². The van der Waals surface area contributed by atoms with Gasteiger partial charge in [0.1, 0.15) is 6.61 Å². The number of alkyl carbamates (subject to hydrolysis) is 1. The number of amides is 1. The summed E-state index contributed by atoms with van der Waals surface area (Å²) in [6, 6.07) is 7.35. The zero-order valence-electron chi connectivity index (χ0n) is 8.79. The quantitative estimate of drug-likeness (QED) is 0.862. The van der Waals surface area contributed by atoms with Crippen molar-refractivity contribution in [3.05, 3.63) is 34.9 Å². The number of rotatable bonds is 3. The van der Waals surface area contributed by atoms with Crippen LogP contribution in [0.3, 0.4) is 0 Å². The number of hydrogen-bond donors (Lipinski definition) is 1. The zero-order valence-corrected chi connectivity index (χ0v) is 9.54. The predicted molar refractivity (Wildman–Crippen MR) is 59.9 cm³/mol. The summed E-state index contributed by atoms with van der Waals surface area (Å²) in [5, 5.41) is 3.23. The Kier molecular flexibility index (Phi) is 4.43. The highest BCUT2D eigenvalue weighted by molar-refractivity contribution is 6.31. The molecule has 4 heteroatoms. The standard InChI is InChI=1S/C11H14ClNO2/c1-8(2)13-11(14)15-7-9-5-3-4-6-10(9)12/h3-6,8H,7H2,1-2H3,(H,13,14). The molecule has 0 bridgehead atoms. The summed E-state index contributed by atoms with van der Waals surface area (Å²) in [6.45, 7) is 3.94. The maximum Gasteiger partial charge on any atom is 0.407 e. The fourth-order valence-corrected chi connectivity index (χ4v) is 1.23. The number of ether oxygens (including phenoxy) is 1. The zero-order chi connectivity index (χ0) is 11.3. The molecule has 0 aliphatic rings. The van der Waals surface area contributed by atoms with Crippen LogP contribution < -0.4 is 5.32 Å². The largest absolute Gasteiger partial charge is 0.445 e. The van der Waals surface area contributed by atoms with Crippen LogP contribution in [0.2, 0.25) is 5.02 Å². The van der Waals surface area contributed by atoms with Gasteiger partial charge in [0.05, 0.1) is 0 Å². The van der Waals surface area contributed by atoms with E-state index in [4.69, 9.17) is 16.3 Å². The van der Waals surface area contributed by atoms with Gasteiger partial charge in [0, 0.05) is 16.6 Å². The van der Waals surface area contributed by atoms with Crippen LogP contribution in [-0.2, 0) is 11.3 Å². The van der Waals surface area contributed by atoms with Crippen molar-refractivity contribution in [2.24, 2.45) is 0 Å². The Bertz CT molecular complexity index is 339. The van der Waals surface area contributed by atoms with E-state index in [1.807, 2.05) is 32.0 Å². The third kappa shape index (κ3) is 4.21. The van der Waals surface area contributed by atoms with Crippen molar-refractivity contribution >= 4 is 17.7 Å². The minimum Gasteiger partial charge on any atom is -0.445 e. The van der Waals surface area contributed by atoms with Gasteiger partial charge in [0.2, 0.25) is 0 Å². The topological polar surface area (TPSA) is 38.3 Å². The second kappa shape index (κ2) is 5.61. The van der Waals surface area contributed by atoms with Crippen LogP contribution in [0.1, 0.15) is 19.4 Å². The molecule has 0 saturated carbocycles. The first kappa shape index (κ1) is 11.9. The van der Waals surface area contributed by atoms with Gasteiger partial charge < -0.3 is 10.1 Å². The van der Waals surface area contributed by atoms with Gasteiger partial charge in [-0.2, -0.15) is 0 Å². The summed E-state index contributed by atoms with van der Waals surface area (Å²) in [6.07, 6.45) is -0.426. The summed E-state index contributed by atoms with van der Waals surface area (Å²) >= 11 is 5.90. The van der Waals surface area contributed by atoms with E-state index < -0.39 is 6.09 Å². The number of carbonyl (C=O) groups is 1. The SMILES string of the molecule is CC(C)NC(=O)OCc1ccccc1Cl. The summed E-state index contributed by atoms with van der Waals surface area (Å²) in [5.74, 6) is 0. The van der Waals surface area contributed by atoms with Crippen molar-refractivity contribution in [1.82, 2.24) is 5.32 Å². The molecule has 1 rings (SSSR count). The van der Waals surface area contributed by atoms with Crippen LogP contribution >= 0.6 is 11.6 Å². The summed E-state index contributed by atoms with van der Waals surface area (Å²) < 4.78 is 4.99. The van der Waals surface area contributed by atoms with Crippen molar-refractivity contribution in [3.63, 3.8) is 0 Å². The molecule has 0 aliphatic heterocycles. The van der Waals surface area contributed by atoms with Gasteiger partial charge in [-0.15, -0.1) is 0 Å². The third-order valence-electron chi connectivity index (χ3n) is 1.72. The molecular formula is C11H14ClNO2. The lowest BCUT2D eigenvalue weighted by Gasteiger charge is -2.09. The molecule has 3 nitrogen and oxygen atoms in total. The van der Waals surface area contributed by atoms with E-state index in [1.54, 1.807) is 6.07 Å². The van der Waals surface area contributed by atoms with Crippen LogP contribution in [0, 0.1) is 0 Å². The van der Waals surface area contributed by atoms with E-state index >= 15 is 0 Å². The van der Waals surface area contributed by atoms with Gasteiger partial charge in [-0.3, -0.25) is 0 Å². The van der Waals surface area contributed by atoms with Gasteiger partial charge in [-0.05, 0) is 19.9 Å². The average molecular weight is 228 g/mol. The molecule has 0 saturated heterocycles. The normalized spacial score (nSPS) is 10.1. The molecule has 0 spiro atoms. The molecule has 1 aromatic carbocycles. The minimum atomic E-state index is -0.426. The Labute approximate surface area is 94.4 Å². The Morgan fingerprint density at radius 1 is 1.47 bits per heavy atom. The number of nitrogens with one attached hydrogen (secondary N) is 1. The molecular weight excluding hydrogens is 214 g/mol. The molecule has 82 valence electrons. The van der Waals surface area contributed by atoms with E-state index in [-0.39, 0.29) is 12.6 Å². The smallest absolute Gasteiger partial charge is 0.407 e. The van der Waals surface area contributed by atoms with Crippen LogP contribution in [0.4, 0.5) is 4.79 Å². The lowest BCUT2D eigenvalue weighted by atomic mass is 10.2. The van der Waals surface area contributed by atoms with E-state index in [2.05, 4.69) is 5.32 Å². The number of halogens is 1. The van der Waals surface area contributed by atoms with Gasteiger partial charge >= 0.3 is 6.09 Å². The second-order valence-electron chi connectivity index (χ2n) is 3.47. The molecule has 0 heterocycles. The van der Waals surface area contributed by atoms with Crippen molar-refractivity contribution in [3.8, 4) is 0 Å². The maximum absolute atomic E-state index is 11.2. The Morgan fingerprint density at radius 3 is 2.73 bits per heavy atom. The number of hydrogen-bond acceptors (Lipinski definition) is 2. The maximum atomic E-state index is 11.2. The first-order chi connectivity index (χ1) is 7.09. The highest BCUT2D eigenvalue weighted by atomic mass is 35.5. The molecule has 15 heavy (non-hydrogen) atoms. The van der Waals surface area contributed by atoms with Crippen molar-refractivity contribution in [2.45, 2.75) is 26.5 Å². The number of benzene rings is 1. The molecule has 0 unspecified atom stereocenters. The summed E-state index contributed by atoms with van der Waals surface area (Å²) in [5.41, 5.74) is 0.804. The molecule has 1 amide bonds. The van der Waals surface area contributed by atoms with E-state index in [9.17, 15) is 4.79 Å². The molecule has 1 N–H and O–H groups in total. The van der Waals surface area contributed by atoms with Crippen LogP contribution in [0.15, 0.2) is 24.3 Å². The van der Waals surface area contributed by atoms with Crippen LogP contribution in [-0.4, -0.2) is 12.1 Å². The Hall–Kier alpha value is -1.22. The Balaban J connectivity index is 2.44. The van der Waals surface area contributed by atoms with E-state index in [1.165, 1.54) is 0 Å². The van der Waals surface area contributed by atoms with Crippen molar-refractivity contribution in [1.29, 1.82) is 0 Å². The van der Waals surface area contributed by atoms with Crippen molar-refractivity contribution < 1.29 is 9.53 Å². The highest BCUT2D eigenvalue weighted by Gasteiger charge is 2.05. The summed E-state index contributed by atoms with van der Waals surface area (Å²) in [4.78, 5) is 11.2. The fourth-order valence-electron chi connectivity index (χ4n) is 1.04. The monoisotopic (exact) mass is 227 g/mol. The van der Waals surface area contributed by atoms with Crippen molar-refractivity contribution in [2.75, 3.05) is 0 Å². The third-order valence-corrected chi connectivity index (χ3v) is 2.09. The summed E-state index contributed by atoms with van der Waals surface area (Å²) in [7, 11) is 0. The first-order valence-corrected chi connectivity index (χ1v) is 5.14. The van der Waals surface area contributed by atoms with Gasteiger partial charge in [0.25, 0.3) is 0 Å². The van der Waals surface area contributed by atoms with Crippen LogP contribution in [0.5, 0.6) is 0 Å². The second-order valence-corrected chi connectivity index (χ2v) is 3.87. The average Bonchev–Trinajstić information content (AvgIpc) is 2.15. The first-order valence-electron chi connectivity index (χ1n) is 4.76. The highest BCUT2D eigenvalue weighted by Crippen LogP contribution is 2.15. The number of carbonyl (C=O) groups excluding carboxylic acids is 1. The molecule has 0 fully saturated rings.